The molecule has 0 aromatic heterocycles. The molecule has 0 atom stereocenters. The molecule has 0 radical (unpaired) electrons. The van der Waals surface area contributed by atoms with Crippen molar-refractivity contribution in [2.75, 3.05) is 0 Å². The van der Waals surface area contributed by atoms with Crippen LogP contribution in [0.3, 0.4) is 0 Å². The molecular formula is C78H52O2P2. The third-order valence-corrected chi connectivity index (χ3v) is 22.8. The minimum Gasteiger partial charge on any atom is -0.309 e. The first-order chi connectivity index (χ1) is 40.4. The van der Waals surface area contributed by atoms with Gasteiger partial charge in [0.15, 0.2) is 14.3 Å². The third-order valence-electron chi connectivity index (χ3n) is 16.7. The molecule has 0 fully saturated rings. The third kappa shape index (κ3) is 8.42. The van der Waals surface area contributed by atoms with E-state index in [1.54, 1.807) is 0 Å². The minimum atomic E-state index is -3.16. The molecule has 0 unspecified atom stereocenters. The molecule has 0 bridgehead atoms. The topological polar surface area (TPSA) is 34.1 Å². The van der Waals surface area contributed by atoms with Crippen molar-refractivity contribution in [2.24, 2.45) is 0 Å². The van der Waals surface area contributed by atoms with Gasteiger partial charge in [0.05, 0.1) is 0 Å². The first-order valence-electron chi connectivity index (χ1n) is 27.9. The van der Waals surface area contributed by atoms with E-state index >= 15 is 9.13 Å². The number of hydrogen-bond donors (Lipinski definition) is 0. The number of rotatable bonds is 10. The largest absolute Gasteiger partial charge is 0.309 e. The summed E-state index contributed by atoms with van der Waals surface area (Å²) in [6, 6.07) is 111. The van der Waals surface area contributed by atoms with Crippen LogP contribution in [-0.2, 0) is 9.13 Å². The van der Waals surface area contributed by atoms with Crippen LogP contribution < -0.4 is 31.8 Å². The quantitative estimate of drug-likeness (QED) is 0.101. The van der Waals surface area contributed by atoms with Crippen molar-refractivity contribution in [3.05, 3.63) is 315 Å². The van der Waals surface area contributed by atoms with Crippen LogP contribution in [0.1, 0.15) is 0 Å². The fourth-order valence-electron chi connectivity index (χ4n) is 12.6. The summed E-state index contributed by atoms with van der Waals surface area (Å²) in [5.41, 5.74) is 9.12. The van der Waals surface area contributed by atoms with Crippen molar-refractivity contribution in [1.29, 1.82) is 0 Å². The van der Waals surface area contributed by atoms with E-state index < -0.39 is 14.3 Å². The zero-order chi connectivity index (χ0) is 54.8. The van der Waals surface area contributed by atoms with Crippen molar-refractivity contribution in [3.63, 3.8) is 0 Å². The standard InChI is InChI=1S/C78H52O2P2/c79-81(67-21-5-1-6-22-67,68-23-7-2-8-24-68)71-41-37-59-45-57(31-33-61(59)49-71)63-39-43-73-75(51-63)77(65-35-29-53-17-13-15-19-55(53)47-65)74-44-40-64(52-76(74)78(73)66-36-30-54-18-14-16-20-56(54)48-66)58-32-34-62-50-72(42-38-60(62)46-58)82(80,69-25-9-3-10-26-69)70-27-11-4-12-28-70/h1-52H. The van der Waals surface area contributed by atoms with Crippen LogP contribution in [0.2, 0.25) is 0 Å². The first-order valence-corrected chi connectivity index (χ1v) is 31.3. The number of fused-ring (bicyclic) bond motifs is 6. The van der Waals surface area contributed by atoms with E-state index in [1.807, 2.05) is 121 Å². The summed E-state index contributed by atoms with van der Waals surface area (Å²) in [7, 11) is -6.31. The summed E-state index contributed by atoms with van der Waals surface area (Å²) in [5.74, 6) is 0. The summed E-state index contributed by atoms with van der Waals surface area (Å²) in [4.78, 5) is 0. The molecule has 0 saturated carbocycles. The van der Waals surface area contributed by atoms with Crippen molar-refractivity contribution in [2.45, 2.75) is 0 Å². The maximum Gasteiger partial charge on any atom is 0.171 e. The zero-order valence-corrected chi connectivity index (χ0v) is 46.5. The molecule has 0 heterocycles. The van der Waals surface area contributed by atoms with E-state index in [1.165, 1.54) is 54.2 Å². The van der Waals surface area contributed by atoms with E-state index in [-0.39, 0.29) is 0 Å². The normalized spacial score (nSPS) is 12.0. The molecule has 15 aromatic carbocycles. The highest BCUT2D eigenvalue weighted by Crippen LogP contribution is 2.49. The number of benzene rings is 15. The predicted octanol–water partition coefficient (Wildman–Crippen LogP) is 18.6. The Hall–Kier alpha value is -9.68. The lowest BCUT2D eigenvalue weighted by Crippen LogP contribution is -2.24. The first kappa shape index (κ1) is 49.4. The van der Waals surface area contributed by atoms with Crippen LogP contribution in [0.15, 0.2) is 315 Å². The Labute approximate surface area is 477 Å². The summed E-state index contributed by atoms with van der Waals surface area (Å²) < 4.78 is 30.9. The lowest BCUT2D eigenvalue weighted by molar-refractivity contribution is 0.591. The van der Waals surface area contributed by atoms with Gasteiger partial charge in [-0.05, 0) is 158 Å². The fourth-order valence-corrected chi connectivity index (χ4v) is 17.9. The molecule has 0 N–H and O–H groups in total. The highest BCUT2D eigenvalue weighted by Gasteiger charge is 2.31. The van der Waals surface area contributed by atoms with Crippen LogP contribution in [0, 0.1) is 0 Å². The van der Waals surface area contributed by atoms with Gasteiger partial charge in [-0.3, -0.25) is 0 Å². The summed E-state index contributed by atoms with van der Waals surface area (Å²) in [5, 5.41) is 18.6. The average Bonchev–Trinajstić information content (AvgIpc) is 3.70. The molecule has 0 spiro atoms. The molecular weight excluding hydrogens is 1030 g/mol. The molecule has 15 rings (SSSR count). The van der Waals surface area contributed by atoms with Gasteiger partial charge in [-0.2, -0.15) is 0 Å². The molecule has 0 aliphatic carbocycles. The van der Waals surface area contributed by atoms with Crippen molar-refractivity contribution >= 4 is 111 Å². The van der Waals surface area contributed by atoms with E-state index in [0.29, 0.717) is 0 Å². The molecule has 0 saturated heterocycles. The van der Waals surface area contributed by atoms with E-state index in [2.05, 4.69) is 194 Å². The van der Waals surface area contributed by atoms with Gasteiger partial charge in [-0.25, -0.2) is 0 Å². The zero-order valence-electron chi connectivity index (χ0n) is 44.7. The Kier molecular flexibility index (Phi) is 12.1. The second-order valence-corrected chi connectivity index (χ2v) is 27.0. The molecule has 0 aliphatic heterocycles. The van der Waals surface area contributed by atoms with E-state index in [0.717, 1.165) is 86.8 Å². The highest BCUT2D eigenvalue weighted by molar-refractivity contribution is 7.85. The molecule has 0 amide bonds. The summed E-state index contributed by atoms with van der Waals surface area (Å²) in [6.45, 7) is 0. The molecule has 82 heavy (non-hydrogen) atoms. The Balaban J connectivity index is 0.910. The van der Waals surface area contributed by atoms with Gasteiger partial charge in [0.2, 0.25) is 0 Å². The maximum absolute atomic E-state index is 15.4. The van der Waals surface area contributed by atoms with Crippen LogP contribution in [0.25, 0.3) is 109 Å². The monoisotopic (exact) mass is 1080 g/mol. The summed E-state index contributed by atoms with van der Waals surface area (Å²) in [6.07, 6.45) is 0. The Bertz CT molecular complexity index is 4680. The lowest BCUT2D eigenvalue weighted by atomic mass is 9.83. The van der Waals surface area contributed by atoms with Crippen LogP contribution in [-0.4, -0.2) is 0 Å². The van der Waals surface area contributed by atoms with Crippen molar-refractivity contribution in [3.8, 4) is 44.5 Å². The van der Waals surface area contributed by atoms with E-state index in [9.17, 15) is 0 Å². The fraction of sp³-hybridized carbons (Fsp3) is 0. The minimum absolute atomic E-state index is 0.817. The van der Waals surface area contributed by atoms with Gasteiger partial charge in [-0.15, -0.1) is 0 Å². The Morgan fingerprint density at radius 2 is 0.427 bits per heavy atom. The maximum atomic E-state index is 15.4. The lowest BCUT2D eigenvalue weighted by Gasteiger charge is -2.21. The van der Waals surface area contributed by atoms with Gasteiger partial charge < -0.3 is 9.13 Å². The smallest absolute Gasteiger partial charge is 0.171 e. The van der Waals surface area contributed by atoms with Crippen LogP contribution >= 0.6 is 14.3 Å². The highest BCUT2D eigenvalue weighted by atomic mass is 31.2. The van der Waals surface area contributed by atoms with Gasteiger partial charge in [0.1, 0.15) is 0 Å². The molecule has 4 heteroatoms. The summed E-state index contributed by atoms with van der Waals surface area (Å²) >= 11 is 0. The molecule has 0 aliphatic rings. The average molecular weight is 1080 g/mol. The van der Waals surface area contributed by atoms with Gasteiger partial charge in [-0.1, -0.05) is 267 Å². The van der Waals surface area contributed by atoms with E-state index in [4.69, 9.17) is 0 Å². The number of hydrogen-bond acceptors (Lipinski definition) is 2. The van der Waals surface area contributed by atoms with Crippen LogP contribution in [0.4, 0.5) is 0 Å². The molecule has 2 nitrogen and oxygen atoms in total. The SMILES string of the molecule is O=P(c1ccccc1)(c1ccccc1)c1ccc2cc(-c3ccc4c(-c5ccc6ccccc6c5)c5cc(-c6ccc7cc(P(=O)(c8ccccc8)c8ccccc8)ccc7c6)ccc5c(-c5ccc6ccccc6c5)c4c3)ccc2c1. The van der Waals surface area contributed by atoms with Gasteiger partial charge >= 0.3 is 0 Å². The molecule has 386 valence electrons. The second-order valence-electron chi connectivity index (χ2n) is 21.4. The predicted molar refractivity (Wildman–Crippen MR) is 352 cm³/mol. The van der Waals surface area contributed by atoms with Crippen molar-refractivity contribution < 1.29 is 9.13 Å². The van der Waals surface area contributed by atoms with Gasteiger partial charge in [0, 0.05) is 31.8 Å². The Morgan fingerprint density at radius 1 is 0.171 bits per heavy atom. The molecule has 15 aromatic rings. The van der Waals surface area contributed by atoms with Gasteiger partial charge in [0.25, 0.3) is 0 Å². The second kappa shape index (κ2) is 20.1. The van der Waals surface area contributed by atoms with Crippen LogP contribution in [0.5, 0.6) is 0 Å². The van der Waals surface area contributed by atoms with Crippen molar-refractivity contribution in [1.82, 2.24) is 0 Å². The Morgan fingerprint density at radius 3 is 0.805 bits per heavy atom.